The summed E-state index contributed by atoms with van der Waals surface area (Å²) in [4.78, 5) is 11.6. The number of rotatable bonds is 2. The van der Waals surface area contributed by atoms with Gasteiger partial charge >= 0.3 is 5.97 Å². The van der Waals surface area contributed by atoms with Crippen molar-refractivity contribution in [3.05, 3.63) is 28.0 Å². The molecular weight excluding hydrogens is 271 g/mol. The van der Waals surface area contributed by atoms with Gasteiger partial charge in [-0.05, 0) is 35.0 Å². The lowest BCUT2D eigenvalue weighted by atomic mass is 10.2. The molecule has 0 unspecified atom stereocenters. The van der Waals surface area contributed by atoms with Gasteiger partial charge in [-0.15, -0.1) is 12.6 Å². The van der Waals surface area contributed by atoms with Crippen LogP contribution in [0.15, 0.2) is 21.5 Å². The number of ether oxygens (including phenoxy) is 1. The Hall–Kier alpha value is -0.550. The Labute approximate surface area is 95.0 Å². The number of thiol groups is 1. The van der Waals surface area contributed by atoms with Crippen molar-refractivity contribution < 1.29 is 13.9 Å². The van der Waals surface area contributed by atoms with Crippen LogP contribution in [0.3, 0.4) is 0 Å². The third kappa shape index (κ3) is 2.48. The highest BCUT2D eigenvalue weighted by atomic mass is 79.9. The smallest absolute Gasteiger partial charge is 0.338 e. The van der Waals surface area contributed by atoms with Crippen molar-refractivity contribution in [1.29, 1.82) is 0 Å². The first-order valence-corrected chi connectivity index (χ1v) is 5.15. The van der Waals surface area contributed by atoms with Crippen molar-refractivity contribution in [2.75, 3.05) is 6.61 Å². The molecule has 0 bridgehead atoms. The summed E-state index contributed by atoms with van der Waals surface area (Å²) in [6, 6.07) is 2.57. The van der Waals surface area contributed by atoms with E-state index in [0.717, 1.165) is 6.07 Å². The molecule has 0 spiro atoms. The molecule has 76 valence electrons. The van der Waals surface area contributed by atoms with E-state index < -0.39 is 11.8 Å². The molecule has 5 heteroatoms. The van der Waals surface area contributed by atoms with E-state index >= 15 is 0 Å². The summed E-state index contributed by atoms with van der Waals surface area (Å²) in [5.41, 5.74) is 0.164. The van der Waals surface area contributed by atoms with Crippen LogP contribution in [0.25, 0.3) is 0 Å². The van der Waals surface area contributed by atoms with E-state index in [4.69, 9.17) is 4.74 Å². The van der Waals surface area contributed by atoms with Gasteiger partial charge in [-0.2, -0.15) is 0 Å². The molecule has 0 N–H and O–H groups in total. The van der Waals surface area contributed by atoms with Crippen molar-refractivity contribution in [3.8, 4) is 0 Å². The Bertz CT molecular complexity index is 345. The van der Waals surface area contributed by atoms with E-state index in [1.807, 2.05) is 0 Å². The van der Waals surface area contributed by atoms with E-state index in [2.05, 4.69) is 28.6 Å². The highest BCUT2D eigenvalue weighted by Gasteiger charge is 2.12. The molecule has 14 heavy (non-hydrogen) atoms. The van der Waals surface area contributed by atoms with Crippen LogP contribution < -0.4 is 0 Å². The average molecular weight is 279 g/mol. The van der Waals surface area contributed by atoms with Crippen LogP contribution in [0.4, 0.5) is 4.39 Å². The zero-order valence-corrected chi connectivity index (χ0v) is 9.86. The fourth-order valence-corrected chi connectivity index (χ4v) is 1.38. The lowest BCUT2D eigenvalue weighted by Crippen LogP contribution is -2.05. The molecule has 0 amide bonds. The van der Waals surface area contributed by atoms with Gasteiger partial charge in [0, 0.05) is 4.90 Å². The SMILES string of the molecule is CCOC(=O)c1cc(F)c(Br)c(S)c1. The molecule has 0 radical (unpaired) electrons. The second-order valence-electron chi connectivity index (χ2n) is 2.51. The van der Waals surface area contributed by atoms with Crippen LogP contribution in [0, 0.1) is 5.82 Å². The van der Waals surface area contributed by atoms with Crippen molar-refractivity contribution in [1.82, 2.24) is 0 Å². The van der Waals surface area contributed by atoms with Crippen LogP contribution in [-0.2, 0) is 4.74 Å². The van der Waals surface area contributed by atoms with E-state index in [-0.39, 0.29) is 16.6 Å². The summed E-state index contributed by atoms with van der Waals surface area (Å²) in [5.74, 6) is -1.07. The lowest BCUT2D eigenvalue weighted by Gasteiger charge is -2.04. The Morgan fingerprint density at radius 3 is 2.79 bits per heavy atom. The van der Waals surface area contributed by atoms with Crippen LogP contribution in [-0.4, -0.2) is 12.6 Å². The van der Waals surface area contributed by atoms with Crippen molar-refractivity contribution in [3.63, 3.8) is 0 Å². The van der Waals surface area contributed by atoms with Gasteiger partial charge in [0.25, 0.3) is 0 Å². The number of hydrogen-bond donors (Lipinski definition) is 1. The maximum Gasteiger partial charge on any atom is 0.338 e. The van der Waals surface area contributed by atoms with Gasteiger partial charge in [0.15, 0.2) is 0 Å². The number of benzene rings is 1. The molecule has 0 saturated heterocycles. The van der Waals surface area contributed by atoms with E-state index in [0.29, 0.717) is 4.90 Å². The van der Waals surface area contributed by atoms with Gasteiger partial charge in [0.1, 0.15) is 5.82 Å². The summed E-state index contributed by atoms with van der Waals surface area (Å²) in [6.45, 7) is 1.95. The molecule has 0 aliphatic rings. The molecule has 1 aromatic rings. The van der Waals surface area contributed by atoms with Crippen LogP contribution in [0.2, 0.25) is 0 Å². The van der Waals surface area contributed by atoms with E-state index in [1.165, 1.54) is 6.07 Å². The minimum absolute atomic E-state index is 0.164. The first kappa shape index (κ1) is 11.5. The molecular formula is C9H8BrFO2S. The molecule has 0 aliphatic heterocycles. The summed E-state index contributed by atoms with van der Waals surface area (Å²) in [6.07, 6.45) is 0. The van der Waals surface area contributed by atoms with Gasteiger partial charge in [0.2, 0.25) is 0 Å². The predicted octanol–water partition coefficient (Wildman–Crippen LogP) is 3.05. The molecule has 0 aliphatic carbocycles. The predicted molar refractivity (Wildman–Crippen MR) is 57.3 cm³/mol. The Morgan fingerprint density at radius 2 is 2.29 bits per heavy atom. The van der Waals surface area contributed by atoms with Gasteiger partial charge in [-0.1, -0.05) is 0 Å². The molecule has 1 rings (SSSR count). The fraction of sp³-hybridized carbons (Fsp3) is 0.222. The minimum Gasteiger partial charge on any atom is -0.462 e. The van der Waals surface area contributed by atoms with Crippen molar-refractivity contribution in [2.24, 2.45) is 0 Å². The number of halogens is 2. The Morgan fingerprint density at radius 1 is 1.64 bits per heavy atom. The molecule has 0 aromatic heterocycles. The Kier molecular flexibility index (Phi) is 3.95. The maximum absolute atomic E-state index is 13.1. The molecule has 0 saturated carbocycles. The summed E-state index contributed by atoms with van der Waals surface area (Å²) in [7, 11) is 0. The summed E-state index contributed by atoms with van der Waals surface area (Å²) in [5, 5.41) is 0. The summed E-state index contributed by atoms with van der Waals surface area (Å²) >= 11 is 7.00. The molecule has 0 atom stereocenters. The minimum atomic E-state index is -0.547. The monoisotopic (exact) mass is 278 g/mol. The number of carbonyl (C=O) groups is 1. The number of carbonyl (C=O) groups excluding carboxylic acids is 1. The van der Waals surface area contributed by atoms with Crippen molar-refractivity contribution in [2.45, 2.75) is 11.8 Å². The first-order valence-electron chi connectivity index (χ1n) is 3.91. The van der Waals surface area contributed by atoms with Gasteiger partial charge < -0.3 is 4.74 Å². The quantitative estimate of drug-likeness (QED) is 0.665. The normalized spacial score (nSPS) is 10.0. The van der Waals surface area contributed by atoms with Crippen molar-refractivity contribution >= 4 is 34.5 Å². The summed E-state index contributed by atoms with van der Waals surface area (Å²) < 4.78 is 18.1. The zero-order valence-electron chi connectivity index (χ0n) is 7.38. The zero-order chi connectivity index (χ0) is 10.7. The van der Waals surface area contributed by atoms with Crippen LogP contribution in [0.5, 0.6) is 0 Å². The lowest BCUT2D eigenvalue weighted by molar-refractivity contribution is 0.0525. The number of hydrogen-bond acceptors (Lipinski definition) is 3. The second kappa shape index (κ2) is 4.79. The van der Waals surface area contributed by atoms with Gasteiger partial charge in [-0.3, -0.25) is 0 Å². The third-order valence-corrected chi connectivity index (χ3v) is 2.99. The van der Waals surface area contributed by atoms with Gasteiger partial charge in [-0.25, -0.2) is 9.18 Å². The number of esters is 1. The van der Waals surface area contributed by atoms with Gasteiger partial charge in [0.05, 0.1) is 16.6 Å². The largest absolute Gasteiger partial charge is 0.462 e. The standard InChI is InChI=1S/C9H8BrFO2S/c1-2-13-9(12)5-3-6(11)8(10)7(14)4-5/h3-4,14H,2H2,1H3. The molecule has 1 aromatic carbocycles. The topological polar surface area (TPSA) is 26.3 Å². The molecule has 0 fully saturated rings. The second-order valence-corrected chi connectivity index (χ2v) is 3.79. The van der Waals surface area contributed by atoms with E-state index in [9.17, 15) is 9.18 Å². The maximum atomic E-state index is 13.1. The third-order valence-electron chi connectivity index (χ3n) is 1.52. The van der Waals surface area contributed by atoms with Crippen LogP contribution in [0.1, 0.15) is 17.3 Å². The Balaban J connectivity index is 3.06. The van der Waals surface area contributed by atoms with Crippen LogP contribution >= 0.6 is 28.6 Å². The first-order chi connectivity index (χ1) is 6.56. The highest BCUT2D eigenvalue weighted by Crippen LogP contribution is 2.25. The molecule has 0 heterocycles. The molecule has 2 nitrogen and oxygen atoms in total. The average Bonchev–Trinajstić information content (AvgIpc) is 2.13. The highest BCUT2D eigenvalue weighted by molar-refractivity contribution is 9.10. The van der Waals surface area contributed by atoms with E-state index in [1.54, 1.807) is 6.92 Å². The fourth-order valence-electron chi connectivity index (χ4n) is 0.907.